The van der Waals surface area contributed by atoms with Crippen molar-refractivity contribution in [3.05, 3.63) is 58.3 Å². The number of ketones is 1. The molecule has 0 amide bonds. The van der Waals surface area contributed by atoms with E-state index < -0.39 is 9.84 Å². The maximum atomic E-state index is 13.0. The van der Waals surface area contributed by atoms with Gasteiger partial charge in [-0.15, -0.1) is 0 Å². The van der Waals surface area contributed by atoms with Crippen molar-refractivity contribution in [2.24, 2.45) is 0 Å². The van der Waals surface area contributed by atoms with Crippen LogP contribution in [-0.4, -0.2) is 50.5 Å². The van der Waals surface area contributed by atoms with Gasteiger partial charge in [0.2, 0.25) is 5.78 Å². The Morgan fingerprint density at radius 2 is 1.97 bits per heavy atom. The lowest BCUT2D eigenvalue weighted by Crippen LogP contribution is -2.41. The Labute approximate surface area is 181 Å². The van der Waals surface area contributed by atoms with Crippen LogP contribution in [0.4, 0.5) is 0 Å². The highest BCUT2D eigenvalue weighted by atomic mass is 32.2. The number of hydrogen-bond donors (Lipinski definition) is 0. The summed E-state index contributed by atoms with van der Waals surface area (Å²) < 4.78 is 40.8. The highest BCUT2D eigenvalue weighted by molar-refractivity contribution is 7.91. The zero-order chi connectivity index (χ0) is 21.8. The molecular weight excluding hydrogens is 418 g/mol. The van der Waals surface area contributed by atoms with Crippen LogP contribution in [0.25, 0.3) is 6.08 Å². The van der Waals surface area contributed by atoms with E-state index in [1.807, 2.05) is 42.2 Å². The molecule has 5 rings (SSSR count). The number of Topliss-reactive ketones (excluding diaryl/α,β-unsaturated/α-hetero) is 1. The molecule has 0 saturated carbocycles. The second-order valence-electron chi connectivity index (χ2n) is 8.16. The summed E-state index contributed by atoms with van der Waals surface area (Å²) in [5.74, 6) is 2.46. The lowest BCUT2D eigenvalue weighted by Gasteiger charge is -2.33. The van der Waals surface area contributed by atoms with Crippen LogP contribution in [0.5, 0.6) is 17.2 Å². The van der Waals surface area contributed by atoms with E-state index in [-0.39, 0.29) is 29.1 Å². The molecule has 2 aromatic rings. The Kier molecular flexibility index (Phi) is 4.79. The first-order valence-electron chi connectivity index (χ1n) is 10.2. The molecule has 1 saturated heterocycles. The van der Waals surface area contributed by atoms with Crippen LogP contribution in [0.1, 0.15) is 33.5 Å². The number of fused-ring (bicyclic) bond motifs is 2. The van der Waals surface area contributed by atoms with Crippen molar-refractivity contribution >= 4 is 21.7 Å². The van der Waals surface area contributed by atoms with E-state index in [1.165, 1.54) is 0 Å². The quantitative estimate of drug-likeness (QED) is 0.678. The van der Waals surface area contributed by atoms with Gasteiger partial charge in [-0.3, -0.25) is 9.69 Å². The second-order valence-corrected chi connectivity index (χ2v) is 10.4. The van der Waals surface area contributed by atoms with Crippen LogP contribution in [0.3, 0.4) is 0 Å². The minimum absolute atomic E-state index is 0.0517. The van der Waals surface area contributed by atoms with E-state index >= 15 is 0 Å². The van der Waals surface area contributed by atoms with Crippen LogP contribution in [0, 0.1) is 6.92 Å². The first-order valence-corrected chi connectivity index (χ1v) is 12.0. The lowest BCUT2D eigenvalue weighted by molar-refractivity contribution is 0.0637. The molecule has 8 heteroatoms. The molecule has 1 atom stereocenters. The Balaban J connectivity index is 1.43. The van der Waals surface area contributed by atoms with E-state index in [9.17, 15) is 13.2 Å². The molecule has 162 valence electrons. The Morgan fingerprint density at radius 1 is 1.19 bits per heavy atom. The summed E-state index contributed by atoms with van der Waals surface area (Å²) in [6.45, 7) is 2.76. The molecule has 3 aliphatic rings. The number of sulfone groups is 1. The monoisotopic (exact) mass is 441 g/mol. The number of allylic oxidation sites excluding steroid dienone is 1. The third-order valence-electron chi connectivity index (χ3n) is 6.10. The van der Waals surface area contributed by atoms with E-state index in [4.69, 9.17) is 14.2 Å². The number of methoxy groups -OCH3 is 1. The van der Waals surface area contributed by atoms with Gasteiger partial charge in [0.15, 0.2) is 15.6 Å². The molecule has 0 aliphatic carbocycles. The topological polar surface area (TPSA) is 82.1 Å². The molecule has 0 aromatic heterocycles. The average molecular weight is 442 g/mol. The van der Waals surface area contributed by atoms with Crippen molar-refractivity contribution in [2.75, 3.05) is 25.3 Å². The van der Waals surface area contributed by atoms with Gasteiger partial charge in [0.05, 0.1) is 24.2 Å². The number of rotatable bonds is 3. The van der Waals surface area contributed by atoms with Crippen LogP contribution >= 0.6 is 0 Å². The summed E-state index contributed by atoms with van der Waals surface area (Å²) in [6, 6.07) is 9.15. The third kappa shape index (κ3) is 3.59. The molecule has 2 aromatic carbocycles. The summed E-state index contributed by atoms with van der Waals surface area (Å²) in [5, 5.41) is 0. The third-order valence-corrected chi connectivity index (χ3v) is 7.85. The predicted molar refractivity (Wildman–Crippen MR) is 115 cm³/mol. The lowest BCUT2D eigenvalue weighted by atomic mass is 9.99. The fraction of sp³-hybridized carbons (Fsp3) is 0.348. The van der Waals surface area contributed by atoms with Gasteiger partial charge in [-0.05, 0) is 43.2 Å². The molecule has 0 bridgehead atoms. The van der Waals surface area contributed by atoms with Gasteiger partial charge in [0.25, 0.3) is 0 Å². The summed E-state index contributed by atoms with van der Waals surface area (Å²) in [6.07, 6.45) is 2.33. The van der Waals surface area contributed by atoms with E-state index in [0.29, 0.717) is 36.8 Å². The van der Waals surface area contributed by atoms with Crippen LogP contribution in [0.2, 0.25) is 0 Å². The fourth-order valence-electron chi connectivity index (χ4n) is 4.42. The van der Waals surface area contributed by atoms with Crippen LogP contribution in [0.15, 0.2) is 36.1 Å². The van der Waals surface area contributed by atoms with Crippen molar-refractivity contribution in [3.8, 4) is 17.2 Å². The molecule has 7 nitrogen and oxygen atoms in total. The SMILES string of the molecule is COc1ccc(/C=C2/Oc3c(cc4c(c3C)OCN([C@H]3CCS(=O)(=O)C3)C4)C2=O)cc1. The molecule has 0 unspecified atom stereocenters. The van der Waals surface area contributed by atoms with Gasteiger partial charge in [-0.1, -0.05) is 12.1 Å². The van der Waals surface area contributed by atoms with Crippen molar-refractivity contribution in [1.82, 2.24) is 4.90 Å². The van der Waals surface area contributed by atoms with Crippen LogP contribution in [-0.2, 0) is 16.4 Å². The van der Waals surface area contributed by atoms with E-state index in [2.05, 4.69) is 0 Å². The van der Waals surface area contributed by atoms with Gasteiger partial charge in [-0.25, -0.2) is 8.42 Å². The summed E-state index contributed by atoms with van der Waals surface area (Å²) in [4.78, 5) is 15.1. The minimum atomic E-state index is -2.98. The first-order chi connectivity index (χ1) is 14.8. The first kappa shape index (κ1) is 20.1. The summed E-state index contributed by atoms with van der Waals surface area (Å²) in [5.41, 5.74) is 3.02. The Morgan fingerprint density at radius 3 is 2.65 bits per heavy atom. The van der Waals surface area contributed by atoms with Gasteiger partial charge in [-0.2, -0.15) is 0 Å². The highest BCUT2D eigenvalue weighted by Gasteiger charge is 2.37. The second kappa shape index (κ2) is 7.39. The summed E-state index contributed by atoms with van der Waals surface area (Å²) in [7, 11) is -1.37. The van der Waals surface area contributed by atoms with E-state index in [0.717, 1.165) is 22.4 Å². The van der Waals surface area contributed by atoms with Crippen molar-refractivity contribution < 1.29 is 27.4 Å². The molecule has 31 heavy (non-hydrogen) atoms. The van der Waals surface area contributed by atoms with Crippen molar-refractivity contribution in [3.63, 3.8) is 0 Å². The predicted octanol–water partition coefficient (Wildman–Crippen LogP) is 2.96. The number of carbonyl (C=O) groups excluding carboxylic acids is 1. The molecule has 1 fully saturated rings. The average Bonchev–Trinajstić information content (AvgIpc) is 3.28. The van der Waals surface area contributed by atoms with Crippen molar-refractivity contribution in [2.45, 2.75) is 25.9 Å². The number of hydrogen-bond acceptors (Lipinski definition) is 7. The van der Waals surface area contributed by atoms with Gasteiger partial charge < -0.3 is 14.2 Å². The molecule has 0 spiro atoms. The summed E-state index contributed by atoms with van der Waals surface area (Å²) >= 11 is 0. The Hall–Kier alpha value is -2.84. The minimum Gasteiger partial charge on any atom is -0.497 e. The fourth-order valence-corrected chi connectivity index (χ4v) is 6.18. The van der Waals surface area contributed by atoms with Gasteiger partial charge in [0.1, 0.15) is 24.0 Å². The molecule has 0 radical (unpaired) electrons. The van der Waals surface area contributed by atoms with Gasteiger partial charge >= 0.3 is 0 Å². The Bertz CT molecular complexity index is 1200. The molecule has 3 aliphatic heterocycles. The number of nitrogens with zero attached hydrogens (tertiary/aromatic N) is 1. The number of benzene rings is 2. The molecule has 3 heterocycles. The maximum Gasteiger partial charge on any atom is 0.231 e. The standard InChI is InChI=1S/C23H23NO6S/c1-14-22-16(11-24(13-29-22)17-7-8-31(26,27)12-17)10-19-21(25)20(30-23(14)19)9-15-3-5-18(28-2)6-4-15/h3-6,9-10,17H,7-8,11-13H2,1-2H3/b20-9+/t17-/m0/s1. The normalized spacial score (nSPS) is 23.2. The zero-order valence-corrected chi connectivity index (χ0v) is 18.2. The van der Waals surface area contributed by atoms with E-state index in [1.54, 1.807) is 13.2 Å². The zero-order valence-electron chi connectivity index (χ0n) is 17.4. The largest absolute Gasteiger partial charge is 0.497 e. The van der Waals surface area contributed by atoms with Crippen molar-refractivity contribution in [1.29, 1.82) is 0 Å². The highest BCUT2D eigenvalue weighted by Crippen LogP contribution is 2.43. The van der Waals surface area contributed by atoms with Gasteiger partial charge in [0, 0.05) is 23.7 Å². The van der Waals surface area contributed by atoms with Crippen LogP contribution < -0.4 is 14.2 Å². The maximum absolute atomic E-state index is 13.0. The number of carbonyl (C=O) groups is 1. The number of ether oxygens (including phenoxy) is 3. The molecule has 0 N–H and O–H groups in total. The smallest absolute Gasteiger partial charge is 0.231 e. The molecular formula is C23H23NO6S.